The van der Waals surface area contributed by atoms with Crippen LogP contribution >= 0.6 is 0 Å². The third-order valence-electron chi connectivity index (χ3n) is 3.71. The lowest BCUT2D eigenvalue weighted by molar-refractivity contribution is -0.187. The van der Waals surface area contributed by atoms with Gasteiger partial charge in [0.1, 0.15) is 0 Å². The average molecular weight is 237 g/mol. The SMILES string of the molecule is CC(C1CCN(C(C)(C)C)CC1)C(F)(F)F. The molecule has 0 bridgehead atoms. The van der Waals surface area contributed by atoms with Crippen LogP contribution < -0.4 is 0 Å². The van der Waals surface area contributed by atoms with Crippen molar-refractivity contribution in [1.29, 1.82) is 0 Å². The number of alkyl halides is 3. The number of hydrogen-bond donors (Lipinski definition) is 0. The molecule has 1 nitrogen and oxygen atoms in total. The molecule has 1 fully saturated rings. The van der Waals surface area contributed by atoms with Crippen LogP contribution in [-0.2, 0) is 0 Å². The van der Waals surface area contributed by atoms with E-state index in [4.69, 9.17) is 0 Å². The Morgan fingerprint density at radius 3 is 1.81 bits per heavy atom. The van der Waals surface area contributed by atoms with Gasteiger partial charge in [-0.25, -0.2) is 0 Å². The van der Waals surface area contributed by atoms with Crippen LogP contribution in [0.3, 0.4) is 0 Å². The van der Waals surface area contributed by atoms with Crippen molar-refractivity contribution in [2.75, 3.05) is 13.1 Å². The van der Waals surface area contributed by atoms with Crippen LogP contribution in [0.15, 0.2) is 0 Å². The summed E-state index contributed by atoms with van der Waals surface area (Å²) < 4.78 is 37.7. The molecule has 0 amide bonds. The van der Waals surface area contributed by atoms with Crippen LogP contribution in [0, 0.1) is 11.8 Å². The van der Waals surface area contributed by atoms with Crippen LogP contribution in [0.2, 0.25) is 0 Å². The second kappa shape index (κ2) is 4.55. The maximum atomic E-state index is 12.6. The highest BCUT2D eigenvalue weighted by atomic mass is 19.4. The molecular formula is C12H22F3N. The molecular weight excluding hydrogens is 215 g/mol. The molecule has 1 atom stereocenters. The average Bonchev–Trinajstić information content (AvgIpc) is 2.14. The van der Waals surface area contributed by atoms with Crippen molar-refractivity contribution in [1.82, 2.24) is 4.90 Å². The molecule has 0 radical (unpaired) electrons. The van der Waals surface area contributed by atoms with E-state index in [-0.39, 0.29) is 11.5 Å². The highest BCUT2D eigenvalue weighted by molar-refractivity contribution is 4.84. The smallest absolute Gasteiger partial charge is 0.298 e. The fourth-order valence-corrected chi connectivity index (χ4v) is 2.34. The number of nitrogens with zero attached hydrogens (tertiary/aromatic N) is 1. The largest absolute Gasteiger partial charge is 0.391 e. The van der Waals surface area contributed by atoms with Crippen molar-refractivity contribution in [3.63, 3.8) is 0 Å². The summed E-state index contributed by atoms with van der Waals surface area (Å²) in [6.07, 6.45) is -2.70. The van der Waals surface area contributed by atoms with Crippen molar-refractivity contribution < 1.29 is 13.2 Å². The maximum absolute atomic E-state index is 12.6. The van der Waals surface area contributed by atoms with Crippen molar-refractivity contribution >= 4 is 0 Å². The first-order valence-electron chi connectivity index (χ1n) is 5.94. The molecule has 1 heterocycles. The Labute approximate surface area is 96.0 Å². The lowest BCUT2D eigenvalue weighted by Gasteiger charge is -2.42. The number of piperidine rings is 1. The summed E-state index contributed by atoms with van der Waals surface area (Å²) in [7, 11) is 0. The predicted octanol–water partition coefficient (Wildman–Crippen LogP) is 3.70. The van der Waals surface area contributed by atoms with Gasteiger partial charge in [-0.3, -0.25) is 4.90 Å². The highest BCUT2D eigenvalue weighted by Gasteiger charge is 2.42. The molecule has 1 aliphatic heterocycles. The molecule has 96 valence electrons. The summed E-state index contributed by atoms with van der Waals surface area (Å²) in [6, 6.07) is 0. The summed E-state index contributed by atoms with van der Waals surface area (Å²) in [5.41, 5.74) is 0.0758. The minimum atomic E-state index is -4.03. The number of halogens is 3. The lowest BCUT2D eigenvalue weighted by atomic mass is 9.84. The second-order valence-electron chi connectivity index (χ2n) is 5.83. The molecule has 1 unspecified atom stereocenters. The molecule has 4 heteroatoms. The molecule has 1 saturated heterocycles. The van der Waals surface area contributed by atoms with E-state index in [0.717, 1.165) is 13.1 Å². The topological polar surface area (TPSA) is 3.24 Å². The van der Waals surface area contributed by atoms with Gasteiger partial charge in [0.25, 0.3) is 0 Å². The van der Waals surface area contributed by atoms with Crippen molar-refractivity contribution in [3.8, 4) is 0 Å². The van der Waals surface area contributed by atoms with E-state index in [1.807, 2.05) is 0 Å². The molecule has 0 saturated carbocycles. The molecule has 0 aromatic rings. The van der Waals surface area contributed by atoms with E-state index in [2.05, 4.69) is 25.7 Å². The minimum absolute atomic E-state index is 0.0758. The van der Waals surface area contributed by atoms with Crippen molar-refractivity contribution in [2.24, 2.45) is 11.8 Å². The zero-order chi connectivity index (χ0) is 12.6. The number of likely N-dealkylation sites (tertiary alicyclic amines) is 1. The Kier molecular flexibility index (Phi) is 3.93. The van der Waals surface area contributed by atoms with Gasteiger partial charge in [-0.15, -0.1) is 0 Å². The fraction of sp³-hybridized carbons (Fsp3) is 1.00. The predicted molar refractivity (Wildman–Crippen MR) is 59.3 cm³/mol. The molecule has 0 aliphatic carbocycles. The normalized spacial score (nSPS) is 23.4. The van der Waals surface area contributed by atoms with E-state index in [0.29, 0.717) is 12.8 Å². The van der Waals surface area contributed by atoms with E-state index in [1.54, 1.807) is 0 Å². The van der Waals surface area contributed by atoms with Crippen LogP contribution in [0.25, 0.3) is 0 Å². The quantitative estimate of drug-likeness (QED) is 0.672. The monoisotopic (exact) mass is 237 g/mol. The zero-order valence-corrected chi connectivity index (χ0v) is 10.6. The summed E-state index contributed by atoms with van der Waals surface area (Å²) in [6.45, 7) is 9.22. The summed E-state index contributed by atoms with van der Waals surface area (Å²) >= 11 is 0. The molecule has 1 aliphatic rings. The van der Waals surface area contributed by atoms with Gasteiger partial charge < -0.3 is 0 Å². The van der Waals surface area contributed by atoms with E-state index < -0.39 is 12.1 Å². The fourth-order valence-electron chi connectivity index (χ4n) is 2.34. The molecule has 0 N–H and O–H groups in total. The lowest BCUT2D eigenvalue weighted by Crippen LogP contribution is -2.47. The number of hydrogen-bond acceptors (Lipinski definition) is 1. The molecule has 0 spiro atoms. The molecule has 16 heavy (non-hydrogen) atoms. The highest BCUT2D eigenvalue weighted by Crippen LogP contribution is 2.37. The van der Waals surface area contributed by atoms with Crippen LogP contribution in [0.5, 0.6) is 0 Å². The zero-order valence-electron chi connectivity index (χ0n) is 10.6. The third-order valence-corrected chi connectivity index (χ3v) is 3.71. The van der Waals surface area contributed by atoms with Gasteiger partial charge >= 0.3 is 6.18 Å². The Morgan fingerprint density at radius 1 is 1.06 bits per heavy atom. The summed E-state index contributed by atoms with van der Waals surface area (Å²) in [5, 5.41) is 0. The van der Waals surface area contributed by atoms with Gasteiger partial charge in [0.05, 0.1) is 5.92 Å². The molecule has 1 rings (SSSR count). The van der Waals surface area contributed by atoms with Gasteiger partial charge in [-0.1, -0.05) is 6.92 Å². The first-order valence-corrected chi connectivity index (χ1v) is 5.94. The van der Waals surface area contributed by atoms with Crippen molar-refractivity contribution in [3.05, 3.63) is 0 Å². The Morgan fingerprint density at radius 2 is 1.50 bits per heavy atom. The van der Waals surface area contributed by atoms with Gasteiger partial charge in [0, 0.05) is 5.54 Å². The van der Waals surface area contributed by atoms with E-state index in [1.165, 1.54) is 6.92 Å². The summed E-state index contributed by atoms with van der Waals surface area (Å²) in [4.78, 5) is 2.27. The van der Waals surface area contributed by atoms with Gasteiger partial charge in [0.2, 0.25) is 0 Å². The molecule has 0 aromatic heterocycles. The van der Waals surface area contributed by atoms with Crippen LogP contribution in [-0.4, -0.2) is 29.7 Å². The Balaban J connectivity index is 2.50. The van der Waals surface area contributed by atoms with Gasteiger partial charge in [0.15, 0.2) is 0 Å². The molecule has 0 aromatic carbocycles. The number of rotatable bonds is 1. The van der Waals surface area contributed by atoms with Gasteiger partial charge in [-0.05, 0) is 52.6 Å². The Hall–Kier alpha value is -0.250. The second-order valence-corrected chi connectivity index (χ2v) is 5.83. The van der Waals surface area contributed by atoms with Gasteiger partial charge in [-0.2, -0.15) is 13.2 Å². The van der Waals surface area contributed by atoms with Crippen LogP contribution in [0.1, 0.15) is 40.5 Å². The third kappa shape index (κ3) is 3.37. The summed E-state index contributed by atoms with van der Waals surface area (Å²) in [5.74, 6) is -1.35. The first-order chi connectivity index (χ1) is 7.12. The standard InChI is InChI=1S/C12H22F3N/c1-9(12(13,14)15)10-5-7-16(8-6-10)11(2,3)4/h9-10H,5-8H2,1-4H3. The van der Waals surface area contributed by atoms with E-state index >= 15 is 0 Å². The van der Waals surface area contributed by atoms with E-state index in [9.17, 15) is 13.2 Å². The van der Waals surface area contributed by atoms with Crippen LogP contribution in [0.4, 0.5) is 13.2 Å². The minimum Gasteiger partial charge on any atom is -0.298 e. The van der Waals surface area contributed by atoms with Crippen molar-refractivity contribution in [2.45, 2.75) is 52.3 Å². The maximum Gasteiger partial charge on any atom is 0.391 e. The first kappa shape index (κ1) is 13.8. The Bertz CT molecular complexity index is 221.